The number of rotatable bonds is 11. The van der Waals surface area contributed by atoms with Crippen molar-refractivity contribution in [2.24, 2.45) is 0 Å². The predicted octanol–water partition coefficient (Wildman–Crippen LogP) is 5.05. The van der Waals surface area contributed by atoms with Gasteiger partial charge in [-0.2, -0.15) is 0 Å². The molecule has 2 amide bonds. The zero-order valence-electron chi connectivity index (χ0n) is 24.8. The van der Waals surface area contributed by atoms with Gasteiger partial charge in [-0.25, -0.2) is 19.7 Å². The smallest absolute Gasteiger partial charge is 0.315 e. The topological polar surface area (TPSA) is 109 Å². The molecule has 6 rings (SSSR count). The van der Waals surface area contributed by atoms with Crippen LogP contribution in [0.3, 0.4) is 0 Å². The van der Waals surface area contributed by atoms with Gasteiger partial charge in [0, 0.05) is 32.2 Å². The summed E-state index contributed by atoms with van der Waals surface area (Å²) in [4.78, 5) is 29.4. The van der Waals surface area contributed by atoms with Crippen LogP contribution in [0.15, 0.2) is 67.0 Å². The lowest BCUT2D eigenvalue weighted by molar-refractivity contribution is -0.0314. The molecule has 4 heterocycles. The number of benzene rings is 2. The first-order valence-electron chi connectivity index (χ1n) is 15.7. The fourth-order valence-corrected chi connectivity index (χ4v) is 6.17. The molecule has 3 N–H and O–H groups in total. The minimum Gasteiger partial charge on any atom is -0.367 e. The number of aromatic nitrogens is 4. The van der Waals surface area contributed by atoms with E-state index in [0.717, 1.165) is 38.9 Å². The summed E-state index contributed by atoms with van der Waals surface area (Å²) in [5.74, 6) is 1.51. The Kier molecular flexibility index (Phi) is 9.76. The maximum atomic E-state index is 12.7. The molecule has 2 saturated heterocycles. The highest BCUT2D eigenvalue weighted by atomic mass is 16.5. The third kappa shape index (κ3) is 7.32. The molecule has 0 aliphatic carbocycles. The van der Waals surface area contributed by atoms with E-state index in [-0.39, 0.29) is 24.7 Å². The van der Waals surface area contributed by atoms with Crippen LogP contribution in [-0.4, -0.2) is 69.8 Å². The Bertz CT molecular complexity index is 1410. The van der Waals surface area contributed by atoms with Gasteiger partial charge in [0.25, 0.3) is 0 Å². The molecular weight excluding hydrogens is 540 g/mol. The maximum Gasteiger partial charge on any atom is 0.315 e. The summed E-state index contributed by atoms with van der Waals surface area (Å²) < 4.78 is 8.21. The first-order valence-corrected chi connectivity index (χ1v) is 15.7. The summed E-state index contributed by atoms with van der Waals surface area (Å²) in [6, 6.07) is 20.8. The van der Waals surface area contributed by atoms with Crippen LogP contribution in [0.4, 0.5) is 10.6 Å². The molecule has 43 heavy (non-hydrogen) atoms. The van der Waals surface area contributed by atoms with Crippen LogP contribution in [0, 0.1) is 0 Å². The summed E-state index contributed by atoms with van der Waals surface area (Å²) in [5, 5.41) is 9.60. The lowest BCUT2D eigenvalue weighted by atomic mass is 9.91. The number of hydrogen-bond donors (Lipinski definition) is 3. The summed E-state index contributed by atoms with van der Waals surface area (Å²) in [7, 11) is 0. The Morgan fingerprint density at radius 2 is 1.65 bits per heavy atom. The molecule has 0 saturated carbocycles. The Balaban J connectivity index is 1.20. The molecule has 1 atom stereocenters. The largest absolute Gasteiger partial charge is 0.367 e. The highest BCUT2D eigenvalue weighted by Crippen LogP contribution is 2.31. The highest BCUT2D eigenvalue weighted by molar-refractivity contribution is 5.83. The molecule has 2 aliphatic rings. The van der Waals surface area contributed by atoms with Gasteiger partial charge in [-0.3, -0.25) is 4.57 Å². The summed E-state index contributed by atoms with van der Waals surface area (Å²) >= 11 is 0. The van der Waals surface area contributed by atoms with E-state index in [1.807, 2.05) is 16.7 Å². The molecule has 0 spiro atoms. The highest BCUT2D eigenvalue weighted by Gasteiger charge is 2.25. The van der Waals surface area contributed by atoms with E-state index < -0.39 is 0 Å². The van der Waals surface area contributed by atoms with E-state index in [1.165, 1.54) is 30.4 Å². The monoisotopic (exact) mass is 582 g/mol. The quantitative estimate of drug-likeness (QED) is 0.227. The van der Waals surface area contributed by atoms with Gasteiger partial charge >= 0.3 is 6.03 Å². The van der Waals surface area contributed by atoms with Gasteiger partial charge in [0.15, 0.2) is 17.0 Å². The normalized spacial score (nSPS) is 17.7. The number of piperidine rings is 1. The summed E-state index contributed by atoms with van der Waals surface area (Å²) in [6.45, 7) is 5.33. The molecule has 1 unspecified atom stereocenters. The van der Waals surface area contributed by atoms with Crippen LogP contribution in [0.25, 0.3) is 11.2 Å². The van der Waals surface area contributed by atoms with Crippen LogP contribution in [-0.2, 0) is 11.3 Å². The van der Waals surface area contributed by atoms with Crippen LogP contribution >= 0.6 is 0 Å². The average Bonchev–Trinajstić information content (AvgIpc) is 3.45. The Morgan fingerprint density at radius 1 is 0.907 bits per heavy atom. The first kappa shape index (κ1) is 29.1. The number of anilines is 1. The van der Waals surface area contributed by atoms with Crippen LogP contribution in [0.2, 0.25) is 0 Å². The molecular formula is C33H42N8O2. The minimum absolute atomic E-state index is 0.131. The first-order chi connectivity index (χ1) is 21.3. The van der Waals surface area contributed by atoms with Crippen molar-refractivity contribution >= 4 is 23.0 Å². The summed E-state index contributed by atoms with van der Waals surface area (Å²) in [5.41, 5.74) is 3.84. The van der Waals surface area contributed by atoms with E-state index in [2.05, 4.69) is 79.3 Å². The zero-order chi connectivity index (χ0) is 29.3. The lowest BCUT2D eigenvalue weighted by Gasteiger charge is -2.26. The molecule has 2 fully saturated rings. The van der Waals surface area contributed by atoms with Crippen LogP contribution in [0.5, 0.6) is 0 Å². The number of carbonyl (C=O) groups is 1. The van der Waals surface area contributed by atoms with Crippen molar-refractivity contribution in [1.29, 1.82) is 0 Å². The molecule has 0 bridgehead atoms. The SMILES string of the molecule is O=C(NCCN1CCCCC1)NCc1nc2c(NCC(c3ccccc3)c3ccccc3)ncnc2n1C1CCCCO1. The van der Waals surface area contributed by atoms with Crippen molar-refractivity contribution in [3.8, 4) is 0 Å². The van der Waals surface area contributed by atoms with Gasteiger partial charge in [0.05, 0.1) is 6.54 Å². The van der Waals surface area contributed by atoms with Crippen molar-refractivity contribution in [3.63, 3.8) is 0 Å². The fraction of sp³-hybridized carbons (Fsp3) is 0.455. The van der Waals surface area contributed by atoms with Crippen LogP contribution < -0.4 is 16.0 Å². The predicted molar refractivity (Wildman–Crippen MR) is 168 cm³/mol. The Labute approximate surface area is 253 Å². The van der Waals surface area contributed by atoms with Gasteiger partial charge in [-0.05, 0) is 56.3 Å². The molecule has 10 heteroatoms. The summed E-state index contributed by atoms with van der Waals surface area (Å²) in [6.07, 6.45) is 8.17. The van der Waals surface area contributed by atoms with Gasteiger partial charge in [-0.1, -0.05) is 67.1 Å². The third-order valence-corrected chi connectivity index (χ3v) is 8.44. The Hall–Kier alpha value is -4.02. The van der Waals surface area contributed by atoms with Crippen molar-refractivity contribution in [3.05, 3.63) is 83.9 Å². The number of likely N-dealkylation sites (tertiary alicyclic amines) is 1. The number of ether oxygens (including phenoxy) is 1. The number of carbonyl (C=O) groups excluding carboxylic acids is 1. The van der Waals surface area contributed by atoms with Crippen molar-refractivity contribution in [2.45, 2.75) is 57.2 Å². The number of imidazole rings is 1. The van der Waals surface area contributed by atoms with Gasteiger partial charge in [0.2, 0.25) is 0 Å². The molecule has 226 valence electrons. The number of amides is 2. The molecule has 4 aromatic rings. The molecule has 2 aromatic carbocycles. The third-order valence-electron chi connectivity index (χ3n) is 8.44. The van der Waals surface area contributed by atoms with Gasteiger partial charge in [-0.15, -0.1) is 0 Å². The second kappa shape index (κ2) is 14.4. The average molecular weight is 583 g/mol. The molecule has 2 aromatic heterocycles. The second-order valence-electron chi connectivity index (χ2n) is 11.4. The minimum atomic E-state index is -0.196. The van der Waals surface area contributed by atoms with Crippen LogP contribution in [0.1, 0.15) is 67.6 Å². The second-order valence-corrected chi connectivity index (χ2v) is 11.4. The zero-order valence-corrected chi connectivity index (χ0v) is 24.8. The number of hydrogen-bond acceptors (Lipinski definition) is 7. The molecule has 10 nitrogen and oxygen atoms in total. The van der Waals surface area contributed by atoms with E-state index in [0.29, 0.717) is 42.5 Å². The number of nitrogens with one attached hydrogen (secondary N) is 3. The Morgan fingerprint density at radius 3 is 2.35 bits per heavy atom. The molecule has 2 aliphatic heterocycles. The van der Waals surface area contributed by atoms with Crippen molar-refractivity contribution < 1.29 is 9.53 Å². The number of fused-ring (bicyclic) bond motifs is 1. The fourth-order valence-electron chi connectivity index (χ4n) is 6.17. The molecule has 0 radical (unpaired) electrons. The maximum absolute atomic E-state index is 12.7. The lowest BCUT2D eigenvalue weighted by Crippen LogP contribution is -2.41. The van der Waals surface area contributed by atoms with Gasteiger partial charge < -0.3 is 25.6 Å². The number of nitrogens with zero attached hydrogens (tertiary/aromatic N) is 5. The van der Waals surface area contributed by atoms with E-state index >= 15 is 0 Å². The van der Waals surface area contributed by atoms with E-state index in [1.54, 1.807) is 6.33 Å². The standard InChI is InChI=1S/C33H42N8O2/c42-33(34-17-20-40-18-9-3-10-19-40)36-23-28-39-30-31(37-24-38-32(30)41(28)29-16-8-11-21-43-29)35-22-27(25-12-4-1-5-13-25)26-14-6-2-7-15-26/h1-2,4-7,12-15,24,27,29H,3,8-11,16-23H2,(H2,34,36,42)(H,35,37,38). The van der Waals surface area contributed by atoms with Crippen molar-refractivity contribution in [2.75, 3.05) is 44.6 Å². The number of urea groups is 1. The van der Waals surface area contributed by atoms with E-state index in [9.17, 15) is 4.79 Å². The van der Waals surface area contributed by atoms with Crippen molar-refractivity contribution in [1.82, 2.24) is 35.1 Å². The van der Waals surface area contributed by atoms with Gasteiger partial charge in [0.1, 0.15) is 18.4 Å². The van der Waals surface area contributed by atoms with E-state index in [4.69, 9.17) is 9.72 Å².